The number of aryl methyl sites for hydroxylation is 2. The first-order valence-corrected chi connectivity index (χ1v) is 11.9. The number of pyridine rings is 1. The van der Waals surface area contributed by atoms with Crippen molar-refractivity contribution in [2.45, 2.75) is 44.1 Å². The highest BCUT2D eigenvalue weighted by Gasteiger charge is 2.16. The van der Waals surface area contributed by atoms with Gasteiger partial charge in [-0.1, -0.05) is 29.5 Å². The van der Waals surface area contributed by atoms with Crippen molar-refractivity contribution in [3.8, 4) is 11.8 Å². The van der Waals surface area contributed by atoms with Gasteiger partial charge in [0.05, 0.1) is 28.1 Å². The molecule has 1 aromatic carbocycles. The zero-order valence-corrected chi connectivity index (χ0v) is 18.4. The van der Waals surface area contributed by atoms with E-state index in [1.165, 1.54) is 35.1 Å². The number of benzene rings is 1. The lowest BCUT2D eigenvalue weighted by Crippen LogP contribution is -2.14. The van der Waals surface area contributed by atoms with Crippen LogP contribution in [-0.2, 0) is 17.6 Å². The summed E-state index contributed by atoms with van der Waals surface area (Å²) < 4.78 is 6.48. The van der Waals surface area contributed by atoms with Crippen molar-refractivity contribution in [2.24, 2.45) is 0 Å². The highest BCUT2D eigenvalue weighted by molar-refractivity contribution is 8.00. The van der Waals surface area contributed by atoms with Crippen molar-refractivity contribution in [1.29, 1.82) is 5.26 Å². The molecule has 1 amide bonds. The van der Waals surface area contributed by atoms with Crippen LogP contribution in [0.2, 0.25) is 0 Å². The SMILES string of the molecule is CCOc1ccc2nc(NC(=O)CSc3nc4c(cc3C#N)CCCCC4)sc2c1. The van der Waals surface area contributed by atoms with Crippen molar-refractivity contribution in [3.05, 3.63) is 41.1 Å². The lowest BCUT2D eigenvalue weighted by molar-refractivity contribution is -0.113. The number of fused-ring (bicyclic) bond motifs is 2. The second-order valence-electron chi connectivity index (χ2n) is 7.04. The van der Waals surface area contributed by atoms with Gasteiger partial charge < -0.3 is 10.1 Å². The smallest absolute Gasteiger partial charge is 0.236 e. The Kier molecular flexibility index (Phi) is 6.50. The van der Waals surface area contributed by atoms with Gasteiger partial charge in [0.1, 0.15) is 16.8 Å². The van der Waals surface area contributed by atoms with E-state index in [0.29, 0.717) is 22.3 Å². The summed E-state index contributed by atoms with van der Waals surface area (Å²) >= 11 is 2.72. The average Bonchev–Trinajstić information content (AvgIpc) is 2.99. The summed E-state index contributed by atoms with van der Waals surface area (Å²) in [6.07, 6.45) is 5.38. The first-order chi connectivity index (χ1) is 14.7. The zero-order valence-electron chi connectivity index (χ0n) is 16.7. The van der Waals surface area contributed by atoms with Crippen molar-refractivity contribution in [3.63, 3.8) is 0 Å². The van der Waals surface area contributed by atoms with Gasteiger partial charge >= 0.3 is 0 Å². The third-order valence-corrected chi connectivity index (χ3v) is 6.82. The number of aromatic nitrogens is 2. The molecule has 154 valence electrons. The van der Waals surface area contributed by atoms with E-state index in [0.717, 1.165) is 47.3 Å². The molecule has 6 nitrogen and oxygen atoms in total. The van der Waals surface area contributed by atoms with E-state index in [4.69, 9.17) is 9.72 Å². The molecule has 1 aliphatic rings. The molecule has 0 spiro atoms. The minimum absolute atomic E-state index is 0.162. The standard InChI is InChI=1S/C22H22N4O2S2/c1-2-28-16-8-9-18-19(11-16)30-22(25-18)26-20(27)13-29-21-15(12-23)10-14-6-4-3-5-7-17(14)24-21/h8-11H,2-7,13H2,1H3,(H,25,26,27). The highest BCUT2D eigenvalue weighted by atomic mass is 32.2. The van der Waals surface area contributed by atoms with Crippen molar-refractivity contribution in [1.82, 2.24) is 9.97 Å². The Balaban J connectivity index is 1.43. The summed E-state index contributed by atoms with van der Waals surface area (Å²) in [6, 6.07) is 9.89. The molecule has 2 aromatic heterocycles. The molecule has 0 radical (unpaired) electrons. The summed E-state index contributed by atoms with van der Waals surface area (Å²) in [4.78, 5) is 21.7. The third kappa shape index (κ3) is 4.74. The Morgan fingerprint density at radius 1 is 1.27 bits per heavy atom. The van der Waals surface area contributed by atoms with E-state index in [2.05, 4.69) is 16.4 Å². The normalized spacial score (nSPS) is 13.3. The molecule has 2 heterocycles. The second kappa shape index (κ2) is 9.45. The molecule has 0 saturated heterocycles. The molecular weight excluding hydrogens is 416 g/mol. The van der Waals surface area contributed by atoms with Crippen LogP contribution in [-0.4, -0.2) is 28.2 Å². The maximum atomic E-state index is 12.5. The number of amides is 1. The lowest BCUT2D eigenvalue weighted by Gasteiger charge is -2.09. The number of ether oxygens (including phenoxy) is 1. The Morgan fingerprint density at radius 2 is 2.13 bits per heavy atom. The Hall–Kier alpha value is -2.63. The van der Waals surface area contributed by atoms with Gasteiger partial charge in [-0.05, 0) is 62.4 Å². The molecule has 8 heteroatoms. The molecule has 0 unspecified atom stereocenters. The fourth-order valence-electron chi connectivity index (χ4n) is 3.49. The number of thioether (sulfide) groups is 1. The van der Waals surface area contributed by atoms with Crippen molar-refractivity contribution in [2.75, 3.05) is 17.7 Å². The number of rotatable bonds is 6. The van der Waals surface area contributed by atoms with Crippen LogP contribution in [0.4, 0.5) is 5.13 Å². The van der Waals surface area contributed by atoms with Gasteiger partial charge in [0.2, 0.25) is 5.91 Å². The maximum absolute atomic E-state index is 12.5. The van der Waals surface area contributed by atoms with E-state index >= 15 is 0 Å². The van der Waals surface area contributed by atoms with Crippen molar-refractivity contribution < 1.29 is 9.53 Å². The second-order valence-corrected chi connectivity index (χ2v) is 9.03. The largest absolute Gasteiger partial charge is 0.494 e. The van der Waals surface area contributed by atoms with Gasteiger partial charge in [-0.15, -0.1) is 0 Å². The van der Waals surface area contributed by atoms with E-state index < -0.39 is 0 Å². The number of carbonyl (C=O) groups excluding carboxylic acids is 1. The molecule has 30 heavy (non-hydrogen) atoms. The third-order valence-electron chi connectivity index (χ3n) is 4.89. The number of thiazole rings is 1. The summed E-state index contributed by atoms with van der Waals surface area (Å²) in [5.41, 5.74) is 3.63. The summed E-state index contributed by atoms with van der Waals surface area (Å²) in [7, 11) is 0. The molecule has 0 atom stereocenters. The lowest BCUT2D eigenvalue weighted by atomic mass is 10.1. The van der Waals surface area contributed by atoms with Crippen molar-refractivity contribution >= 4 is 44.4 Å². The van der Waals surface area contributed by atoms with E-state index in [1.54, 1.807) is 0 Å². The zero-order chi connectivity index (χ0) is 20.9. The van der Waals surface area contributed by atoms with Crippen LogP contribution in [0.5, 0.6) is 5.75 Å². The maximum Gasteiger partial charge on any atom is 0.236 e. The minimum atomic E-state index is -0.162. The first-order valence-electron chi connectivity index (χ1n) is 10.0. The molecule has 0 saturated carbocycles. The molecule has 0 fully saturated rings. The Morgan fingerprint density at radius 3 is 2.97 bits per heavy atom. The van der Waals surface area contributed by atoms with Crippen LogP contribution in [0.25, 0.3) is 10.2 Å². The molecule has 1 aliphatic carbocycles. The summed E-state index contributed by atoms with van der Waals surface area (Å²) in [5, 5.41) is 13.6. The van der Waals surface area contributed by atoms with Gasteiger partial charge in [-0.3, -0.25) is 4.79 Å². The molecular formula is C22H22N4O2S2. The van der Waals surface area contributed by atoms with Gasteiger partial charge in [-0.2, -0.15) is 5.26 Å². The summed E-state index contributed by atoms with van der Waals surface area (Å²) in [6.45, 7) is 2.55. The number of hydrogen-bond donors (Lipinski definition) is 1. The average molecular weight is 439 g/mol. The molecule has 0 aliphatic heterocycles. The van der Waals surface area contributed by atoms with Crippen LogP contribution in [0.1, 0.15) is 43.0 Å². The molecule has 0 bridgehead atoms. The first kappa shape index (κ1) is 20.6. The number of nitriles is 1. The summed E-state index contributed by atoms with van der Waals surface area (Å²) in [5.74, 6) is 0.811. The van der Waals surface area contributed by atoms with E-state index in [-0.39, 0.29) is 11.7 Å². The van der Waals surface area contributed by atoms with Gasteiger partial charge in [0.15, 0.2) is 5.13 Å². The van der Waals surface area contributed by atoms with Crippen LogP contribution in [0, 0.1) is 11.3 Å². The van der Waals surface area contributed by atoms with Crippen LogP contribution in [0.15, 0.2) is 29.3 Å². The van der Waals surface area contributed by atoms with E-state index in [9.17, 15) is 10.1 Å². The van der Waals surface area contributed by atoms with Crippen LogP contribution < -0.4 is 10.1 Å². The number of nitrogens with one attached hydrogen (secondary N) is 1. The van der Waals surface area contributed by atoms with Gasteiger partial charge in [0, 0.05) is 5.69 Å². The number of anilines is 1. The van der Waals surface area contributed by atoms with E-state index in [1.807, 2.05) is 31.2 Å². The molecule has 4 rings (SSSR count). The predicted molar refractivity (Wildman–Crippen MR) is 120 cm³/mol. The van der Waals surface area contributed by atoms with Crippen LogP contribution in [0.3, 0.4) is 0 Å². The number of hydrogen-bond acceptors (Lipinski definition) is 7. The Labute approximate surface area is 183 Å². The number of carbonyl (C=O) groups is 1. The molecule has 3 aromatic rings. The van der Waals surface area contributed by atoms with Gasteiger partial charge in [0.25, 0.3) is 0 Å². The number of nitrogens with zero attached hydrogens (tertiary/aromatic N) is 3. The van der Waals surface area contributed by atoms with Crippen LogP contribution >= 0.6 is 23.1 Å². The fraction of sp³-hybridized carbons (Fsp3) is 0.364. The topological polar surface area (TPSA) is 87.9 Å². The fourth-order valence-corrected chi connectivity index (χ4v) is 5.17. The minimum Gasteiger partial charge on any atom is -0.494 e. The quantitative estimate of drug-likeness (QED) is 0.432. The highest BCUT2D eigenvalue weighted by Crippen LogP contribution is 2.30. The van der Waals surface area contributed by atoms with Gasteiger partial charge in [-0.25, -0.2) is 9.97 Å². The molecule has 1 N–H and O–H groups in total. The predicted octanol–water partition coefficient (Wildman–Crippen LogP) is 4.96. The monoisotopic (exact) mass is 438 g/mol. The Bertz CT molecular complexity index is 1120.